The van der Waals surface area contributed by atoms with Gasteiger partial charge in [0.05, 0.1) is 0 Å². The van der Waals surface area contributed by atoms with E-state index in [1.165, 1.54) is 37.8 Å². The Balaban J connectivity index is 1.66. The SMILES string of the molecule is CC(c1ccc(Cl)cc1)N(C)CCCCNC1CC1. The molecule has 0 saturated heterocycles. The summed E-state index contributed by atoms with van der Waals surface area (Å²) in [5.41, 5.74) is 1.34. The monoisotopic (exact) mass is 280 g/mol. The Bertz CT molecular complexity index is 373. The minimum absolute atomic E-state index is 0.452. The van der Waals surface area contributed by atoms with Crippen LogP contribution in [0.2, 0.25) is 5.02 Å². The zero-order valence-electron chi connectivity index (χ0n) is 12.0. The quantitative estimate of drug-likeness (QED) is 0.728. The lowest BCUT2D eigenvalue weighted by Crippen LogP contribution is -2.25. The minimum Gasteiger partial charge on any atom is -0.314 e. The van der Waals surface area contributed by atoms with Crippen molar-refractivity contribution in [2.45, 2.75) is 44.7 Å². The maximum Gasteiger partial charge on any atom is 0.0406 e. The first kappa shape index (κ1) is 14.8. The third-order valence-corrected chi connectivity index (χ3v) is 4.21. The lowest BCUT2D eigenvalue weighted by atomic mass is 10.1. The van der Waals surface area contributed by atoms with E-state index in [0.29, 0.717) is 6.04 Å². The molecule has 19 heavy (non-hydrogen) atoms. The summed E-state index contributed by atoms with van der Waals surface area (Å²) in [5, 5.41) is 4.37. The number of nitrogens with one attached hydrogen (secondary N) is 1. The largest absolute Gasteiger partial charge is 0.314 e. The predicted molar refractivity (Wildman–Crippen MR) is 82.8 cm³/mol. The van der Waals surface area contributed by atoms with Crippen LogP contribution in [0.15, 0.2) is 24.3 Å². The van der Waals surface area contributed by atoms with Crippen LogP contribution in [0.5, 0.6) is 0 Å². The summed E-state index contributed by atoms with van der Waals surface area (Å²) in [6.45, 7) is 4.58. The highest BCUT2D eigenvalue weighted by Gasteiger charge is 2.19. The van der Waals surface area contributed by atoms with Crippen molar-refractivity contribution < 1.29 is 0 Å². The summed E-state index contributed by atoms with van der Waals surface area (Å²) in [7, 11) is 2.20. The van der Waals surface area contributed by atoms with Crippen molar-refractivity contribution in [3.05, 3.63) is 34.9 Å². The summed E-state index contributed by atoms with van der Waals surface area (Å²) in [6, 6.07) is 9.48. The first-order valence-electron chi connectivity index (χ1n) is 7.36. The van der Waals surface area contributed by atoms with E-state index in [2.05, 4.69) is 36.3 Å². The van der Waals surface area contributed by atoms with Crippen LogP contribution >= 0.6 is 11.6 Å². The van der Waals surface area contributed by atoms with Gasteiger partial charge in [-0.2, -0.15) is 0 Å². The van der Waals surface area contributed by atoms with Crippen molar-refractivity contribution in [2.75, 3.05) is 20.1 Å². The zero-order chi connectivity index (χ0) is 13.7. The average Bonchev–Trinajstić information content (AvgIpc) is 3.22. The summed E-state index contributed by atoms with van der Waals surface area (Å²) < 4.78 is 0. The van der Waals surface area contributed by atoms with E-state index in [9.17, 15) is 0 Å². The van der Waals surface area contributed by atoms with Crippen molar-refractivity contribution in [3.8, 4) is 0 Å². The molecule has 1 aliphatic carbocycles. The van der Waals surface area contributed by atoms with Crippen LogP contribution in [0.1, 0.15) is 44.2 Å². The molecule has 2 nitrogen and oxygen atoms in total. The Labute approximate surface area is 122 Å². The summed E-state index contributed by atoms with van der Waals surface area (Å²) in [5.74, 6) is 0. The Hall–Kier alpha value is -0.570. The Morgan fingerprint density at radius 3 is 2.58 bits per heavy atom. The van der Waals surface area contributed by atoms with Gasteiger partial charge in [0.2, 0.25) is 0 Å². The molecule has 0 aromatic heterocycles. The van der Waals surface area contributed by atoms with Crippen molar-refractivity contribution in [2.24, 2.45) is 0 Å². The first-order chi connectivity index (χ1) is 9.16. The molecule has 1 aromatic rings. The van der Waals surface area contributed by atoms with Crippen LogP contribution < -0.4 is 5.32 Å². The average molecular weight is 281 g/mol. The molecule has 0 amide bonds. The molecule has 106 valence electrons. The van der Waals surface area contributed by atoms with Gasteiger partial charge in [0.15, 0.2) is 0 Å². The van der Waals surface area contributed by atoms with Gasteiger partial charge in [0.1, 0.15) is 0 Å². The Morgan fingerprint density at radius 2 is 1.95 bits per heavy atom. The van der Waals surface area contributed by atoms with Gasteiger partial charge < -0.3 is 5.32 Å². The van der Waals surface area contributed by atoms with Gasteiger partial charge in [0.25, 0.3) is 0 Å². The molecular formula is C16H25ClN2. The van der Waals surface area contributed by atoms with Crippen LogP contribution in [0.25, 0.3) is 0 Å². The van der Waals surface area contributed by atoms with Crippen LogP contribution in [-0.4, -0.2) is 31.1 Å². The van der Waals surface area contributed by atoms with Crippen LogP contribution in [0, 0.1) is 0 Å². The second-order valence-corrected chi connectivity index (χ2v) is 6.08. The van der Waals surface area contributed by atoms with Gasteiger partial charge in [-0.05, 0) is 70.4 Å². The lowest BCUT2D eigenvalue weighted by Gasteiger charge is -2.25. The summed E-state index contributed by atoms with van der Waals surface area (Å²) in [4.78, 5) is 2.42. The fourth-order valence-electron chi connectivity index (χ4n) is 2.27. The highest BCUT2D eigenvalue weighted by molar-refractivity contribution is 6.30. The number of hydrogen-bond donors (Lipinski definition) is 1. The molecule has 1 aliphatic rings. The van der Waals surface area contributed by atoms with Gasteiger partial charge in [-0.25, -0.2) is 0 Å². The molecule has 0 radical (unpaired) electrons. The van der Waals surface area contributed by atoms with Gasteiger partial charge in [0, 0.05) is 17.1 Å². The molecule has 1 unspecified atom stereocenters. The van der Waals surface area contributed by atoms with Crippen LogP contribution in [0.3, 0.4) is 0 Å². The van der Waals surface area contributed by atoms with E-state index in [4.69, 9.17) is 11.6 Å². The highest BCUT2D eigenvalue weighted by Crippen LogP contribution is 2.21. The molecule has 0 heterocycles. The highest BCUT2D eigenvalue weighted by atomic mass is 35.5. The first-order valence-corrected chi connectivity index (χ1v) is 7.73. The van der Waals surface area contributed by atoms with Crippen LogP contribution in [0.4, 0.5) is 0 Å². The number of unbranched alkanes of at least 4 members (excludes halogenated alkanes) is 1. The van der Waals surface area contributed by atoms with E-state index in [-0.39, 0.29) is 0 Å². The predicted octanol–water partition coefficient (Wildman–Crippen LogP) is 3.87. The molecular weight excluding hydrogens is 256 g/mol. The second-order valence-electron chi connectivity index (χ2n) is 5.64. The number of hydrogen-bond acceptors (Lipinski definition) is 2. The smallest absolute Gasteiger partial charge is 0.0406 e. The standard InChI is InChI=1S/C16H25ClN2/c1-13(14-5-7-15(17)8-6-14)19(2)12-4-3-11-18-16-9-10-16/h5-8,13,16,18H,3-4,9-12H2,1-2H3. The number of rotatable bonds is 8. The van der Waals surface area contributed by atoms with E-state index >= 15 is 0 Å². The van der Waals surface area contributed by atoms with Crippen molar-refractivity contribution in [1.29, 1.82) is 0 Å². The summed E-state index contributed by atoms with van der Waals surface area (Å²) >= 11 is 5.92. The molecule has 3 heteroatoms. The van der Waals surface area contributed by atoms with E-state index in [1.54, 1.807) is 0 Å². The van der Waals surface area contributed by atoms with Gasteiger partial charge in [-0.1, -0.05) is 23.7 Å². The van der Waals surface area contributed by atoms with Gasteiger partial charge >= 0.3 is 0 Å². The third-order valence-electron chi connectivity index (χ3n) is 3.96. The zero-order valence-corrected chi connectivity index (χ0v) is 12.8. The van der Waals surface area contributed by atoms with E-state index in [1.807, 2.05) is 12.1 Å². The topological polar surface area (TPSA) is 15.3 Å². The van der Waals surface area contributed by atoms with Crippen molar-refractivity contribution in [1.82, 2.24) is 10.2 Å². The molecule has 0 spiro atoms. The lowest BCUT2D eigenvalue weighted by molar-refractivity contribution is 0.256. The maximum atomic E-state index is 5.92. The van der Waals surface area contributed by atoms with Crippen molar-refractivity contribution in [3.63, 3.8) is 0 Å². The minimum atomic E-state index is 0.452. The van der Waals surface area contributed by atoms with Gasteiger partial charge in [-0.15, -0.1) is 0 Å². The summed E-state index contributed by atoms with van der Waals surface area (Å²) in [6.07, 6.45) is 5.29. The normalized spacial score (nSPS) is 16.8. The fourth-order valence-corrected chi connectivity index (χ4v) is 2.40. The molecule has 1 aromatic carbocycles. The molecule has 1 atom stereocenters. The van der Waals surface area contributed by atoms with Gasteiger partial charge in [-0.3, -0.25) is 4.90 Å². The second kappa shape index (κ2) is 7.28. The third kappa shape index (κ3) is 5.13. The Morgan fingerprint density at radius 1 is 1.26 bits per heavy atom. The number of nitrogens with zero attached hydrogens (tertiary/aromatic N) is 1. The molecule has 2 rings (SSSR count). The molecule has 1 fully saturated rings. The van der Waals surface area contributed by atoms with E-state index in [0.717, 1.165) is 17.6 Å². The molecule has 1 saturated carbocycles. The van der Waals surface area contributed by atoms with Crippen molar-refractivity contribution >= 4 is 11.6 Å². The number of benzene rings is 1. The molecule has 0 bridgehead atoms. The Kier molecular flexibility index (Phi) is 5.68. The maximum absolute atomic E-state index is 5.92. The van der Waals surface area contributed by atoms with Crippen LogP contribution in [-0.2, 0) is 0 Å². The molecule has 0 aliphatic heterocycles. The fraction of sp³-hybridized carbons (Fsp3) is 0.625. The van der Waals surface area contributed by atoms with E-state index < -0.39 is 0 Å². The number of halogens is 1. The molecule has 1 N–H and O–H groups in total.